The van der Waals surface area contributed by atoms with E-state index in [2.05, 4.69) is 25.8 Å². The molecule has 0 unspecified atom stereocenters. The van der Waals surface area contributed by atoms with E-state index in [0.717, 1.165) is 36.2 Å². The first-order valence-electron chi connectivity index (χ1n) is 6.00. The standard InChI is InChI=1S/C12H17BrN4O/c13-10-6-9(14)7-16-12(10)17-3-1-8(2-4-17)5-11(15)18/h6-8H,1-5,14H2,(H2,15,18). The summed E-state index contributed by atoms with van der Waals surface area (Å²) in [6, 6.07) is 1.86. The van der Waals surface area contributed by atoms with Crippen molar-refractivity contribution in [3.63, 3.8) is 0 Å². The van der Waals surface area contributed by atoms with Gasteiger partial charge in [-0.15, -0.1) is 0 Å². The van der Waals surface area contributed by atoms with Crippen LogP contribution in [0.4, 0.5) is 11.5 Å². The molecule has 0 aromatic carbocycles. The monoisotopic (exact) mass is 312 g/mol. The van der Waals surface area contributed by atoms with E-state index in [4.69, 9.17) is 11.5 Å². The van der Waals surface area contributed by atoms with Gasteiger partial charge in [-0.3, -0.25) is 4.79 Å². The van der Waals surface area contributed by atoms with Crippen LogP contribution in [0.1, 0.15) is 19.3 Å². The van der Waals surface area contributed by atoms with Gasteiger partial charge in [0.2, 0.25) is 5.91 Å². The highest BCUT2D eigenvalue weighted by Gasteiger charge is 2.22. The Balaban J connectivity index is 1.99. The number of nitrogen functional groups attached to an aromatic ring is 1. The van der Waals surface area contributed by atoms with Crippen LogP contribution in [0.3, 0.4) is 0 Å². The molecule has 1 aromatic heterocycles. The van der Waals surface area contributed by atoms with Crippen LogP contribution in [-0.4, -0.2) is 24.0 Å². The van der Waals surface area contributed by atoms with Gasteiger partial charge in [-0.2, -0.15) is 0 Å². The largest absolute Gasteiger partial charge is 0.397 e. The van der Waals surface area contributed by atoms with Gasteiger partial charge < -0.3 is 16.4 Å². The predicted molar refractivity (Wildman–Crippen MR) is 75.1 cm³/mol. The van der Waals surface area contributed by atoms with E-state index in [0.29, 0.717) is 18.0 Å². The van der Waals surface area contributed by atoms with Gasteiger partial charge in [0.25, 0.3) is 0 Å². The summed E-state index contributed by atoms with van der Waals surface area (Å²) >= 11 is 3.48. The lowest BCUT2D eigenvalue weighted by Gasteiger charge is -2.32. The van der Waals surface area contributed by atoms with Gasteiger partial charge in [0.1, 0.15) is 5.82 Å². The average molecular weight is 313 g/mol. The van der Waals surface area contributed by atoms with E-state index in [-0.39, 0.29) is 5.91 Å². The zero-order chi connectivity index (χ0) is 13.1. The second-order valence-electron chi connectivity index (χ2n) is 4.67. The number of carbonyl (C=O) groups is 1. The summed E-state index contributed by atoms with van der Waals surface area (Å²) in [5.41, 5.74) is 11.5. The Labute approximate surface area is 115 Å². The van der Waals surface area contributed by atoms with Crippen molar-refractivity contribution in [3.05, 3.63) is 16.7 Å². The number of carbonyl (C=O) groups excluding carboxylic acids is 1. The Morgan fingerprint density at radius 2 is 2.17 bits per heavy atom. The smallest absolute Gasteiger partial charge is 0.217 e. The summed E-state index contributed by atoms with van der Waals surface area (Å²) in [7, 11) is 0. The first-order valence-corrected chi connectivity index (χ1v) is 6.80. The summed E-state index contributed by atoms with van der Waals surface area (Å²) in [5, 5.41) is 0. The van der Waals surface area contributed by atoms with Crippen LogP contribution in [0, 0.1) is 5.92 Å². The minimum Gasteiger partial charge on any atom is -0.397 e. The Morgan fingerprint density at radius 3 is 2.72 bits per heavy atom. The van der Waals surface area contributed by atoms with E-state index < -0.39 is 0 Å². The average Bonchev–Trinajstić information content (AvgIpc) is 2.30. The molecule has 1 aromatic rings. The fourth-order valence-corrected chi connectivity index (χ4v) is 2.93. The topological polar surface area (TPSA) is 85.2 Å². The molecule has 1 fully saturated rings. The van der Waals surface area contributed by atoms with Crippen molar-refractivity contribution in [1.82, 2.24) is 4.98 Å². The predicted octanol–water partition coefficient (Wildman–Crippen LogP) is 1.52. The number of hydrogen-bond donors (Lipinski definition) is 2. The molecule has 1 amide bonds. The zero-order valence-electron chi connectivity index (χ0n) is 10.1. The zero-order valence-corrected chi connectivity index (χ0v) is 11.7. The number of nitrogens with two attached hydrogens (primary N) is 2. The molecular formula is C12H17BrN4O. The second-order valence-corrected chi connectivity index (χ2v) is 5.53. The van der Waals surface area contributed by atoms with Crippen LogP contribution in [0.2, 0.25) is 0 Å². The van der Waals surface area contributed by atoms with Crippen molar-refractivity contribution < 1.29 is 4.79 Å². The molecule has 0 radical (unpaired) electrons. The molecule has 2 rings (SSSR count). The molecule has 0 bridgehead atoms. The Bertz CT molecular complexity index is 444. The van der Waals surface area contributed by atoms with Crippen molar-refractivity contribution in [3.8, 4) is 0 Å². The van der Waals surface area contributed by atoms with Crippen LogP contribution in [-0.2, 0) is 4.79 Å². The molecule has 0 aliphatic carbocycles. The molecule has 0 spiro atoms. The number of pyridine rings is 1. The lowest BCUT2D eigenvalue weighted by Crippen LogP contribution is -2.35. The van der Waals surface area contributed by atoms with Crippen molar-refractivity contribution in [2.45, 2.75) is 19.3 Å². The highest BCUT2D eigenvalue weighted by molar-refractivity contribution is 9.10. The number of primary amides is 1. The molecule has 98 valence electrons. The first kappa shape index (κ1) is 13.1. The summed E-state index contributed by atoms with van der Waals surface area (Å²) in [6.07, 6.45) is 4.10. The van der Waals surface area contributed by atoms with Gasteiger partial charge in [0.05, 0.1) is 16.4 Å². The fourth-order valence-electron chi connectivity index (χ4n) is 2.31. The van der Waals surface area contributed by atoms with Crippen molar-refractivity contribution >= 4 is 33.3 Å². The molecule has 0 atom stereocenters. The number of halogens is 1. The number of hydrogen-bond acceptors (Lipinski definition) is 4. The lowest BCUT2D eigenvalue weighted by molar-refractivity contribution is -0.119. The molecule has 2 heterocycles. The SMILES string of the molecule is NC(=O)CC1CCN(c2ncc(N)cc2Br)CC1. The number of piperidine rings is 1. The van der Waals surface area contributed by atoms with E-state index in [1.165, 1.54) is 0 Å². The van der Waals surface area contributed by atoms with E-state index >= 15 is 0 Å². The van der Waals surface area contributed by atoms with Gasteiger partial charge in [-0.1, -0.05) is 0 Å². The van der Waals surface area contributed by atoms with E-state index in [1.807, 2.05) is 6.07 Å². The summed E-state index contributed by atoms with van der Waals surface area (Å²) in [6.45, 7) is 1.79. The van der Waals surface area contributed by atoms with Crippen LogP contribution in [0.15, 0.2) is 16.7 Å². The number of nitrogens with zero attached hydrogens (tertiary/aromatic N) is 2. The van der Waals surface area contributed by atoms with Gasteiger partial charge in [-0.05, 0) is 40.8 Å². The normalized spacial score (nSPS) is 16.8. The highest BCUT2D eigenvalue weighted by atomic mass is 79.9. The molecule has 5 nitrogen and oxygen atoms in total. The Hall–Kier alpha value is -1.30. The minimum atomic E-state index is -0.208. The van der Waals surface area contributed by atoms with Gasteiger partial charge in [0.15, 0.2) is 0 Å². The van der Waals surface area contributed by atoms with Gasteiger partial charge in [-0.25, -0.2) is 4.98 Å². The Kier molecular flexibility index (Phi) is 4.06. The maximum absolute atomic E-state index is 10.9. The molecule has 18 heavy (non-hydrogen) atoms. The quantitative estimate of drug-likeness (QED) is 0.886. The highest BCUT2D eigenvalue weighted by Crippen LogP contribution is 2.29. The molecular weight excluding hydrogens is 296 g/mol. The number of amides is 1. The van der Waals surface area contributed by atoms with Crippen molar-refractivity contribution in [1.29, 1.82) is 0 Å². The van der Waals surface area contributed by atoms with E-state index in [9.17, 15) is 4.79 Å². The summed E-state index contributed by atoms with van der Waals surface area (Å²) in [5.74, 6) is 1.12. The Morgan fingerprint density at radius 1 is 1.50 bits per heavy atom. The molecule has 6 heteroatoms. The molecule has 4 N–H and O–H groups in total. The van der Waals surface area contributed by atoms with Crippen molar-refractivity contribution in [2.24, 2.45) is 11.7 Å². The third-order valence-electron chi connectivity index (χ3n) is 3.25. The third-order valence-corrected chi connectivity index (χ3v) is 3.83. The first-order chi connectivity index (χ1) is 8.56. The van der Waals surface area contributed by atoms with Crippen LogP contribution in [0.5, 0.6) is 0 Å². The molecule has 1 saturated heterocycles. The second kappa shape index (κ2) is 5.56. The molecule has 1 aliphatic heterocycles. The van der Waals surface area contributed by atoms with Crippen LogP contribution < -0.4 is 16.4 Å². The van der Waals surface area contributed by atoms with Gasteiger partial charge in [0, 0.05) is 19.5 Å². The van der Waals surface area contributed by atoms with Crippen LogP contribution >= 0.6 is 15.9 Å². The van der Waals surface area contributed by atoms with E-state index in [1.54, 1.807) is 6.20 Å². The maximum Gasteiger partial charge on any atom is 0.217 e. The molecule has 1 aliphatic rings. The minimum absolute atomic E-state index is 0.208. The maximum atomic E-state index is 10.9. The number of anilines is 2. The summed E-state index contributed by atoms with van der Waals surface area (Å²) < 4.78 is 0.913. The summed E-state index contributed by atoms with van der Waals surface area (Å²) in [4.78, 5) is 17.4. The third kappa shape index (κ3) is 3.13. The molecule has 0 saturated carbocycles. The van der Waals surface area contributed by atoms with Gasteiger partial charge >= 0.3 is 0 Å². The number of aromatic nitrogens is 1. The van der Waals surface area contributed by atoms with Crippen LogP contribution in [0.25, 0.3) is 0 Å². The van der Waals surface area contributed by atoms with Crippen molar-refractivity contribution in [2.75, 3.05) is 23.7 Å². The number of rotatable bonds is 3. The fraction of sp³-hybridized carbons (Fsp3) is 0.500. The lowest BCUT2D eigenvalue weighted by atomic mass is 9.93.